The molecular formula is C21H14N4S. The number of para-hydroxylation sites is 2. The Morgan fingerprint density at radius 2 is 1.42 bits per heavy atom. The van der Waals surface area contributed by atoms with E-state index in [1.807, 2.05) is 54.6 Å². The molecule has 26 heavy (non-hydrogen) atoms. The predicted molar refractivity (Wildman–Crippen MR) is 105 cm³/mol. The van der Waals surface area contributed by atoms with Crippen LogP contribution in [0.25, 0.3) is 33.3 Å². The molecule has 5 aromatic rings. The predicted octanol–water partition coefficient (Wildman–Crippen LogP) is 5.32. The zero-order valence-electron chi connectivity index (χ0n) is 13.8. The van der Waals surface area contributed by atoms with Crippen molar-refractivity contribution in [3.63, 3.8) is 0 Å². The molecule has 0 aliphatic rings. The molecule has 4 nitrogen and oxygen atoms in total. The Hall–Kier alpha value is -3.18. The Bertz CT molecular complexity index is 1180. The number of nitrogens with zero attached hydrogens (tertiary/aromatic N) is 3. The average Bonchev–Trinajstić information content (AvgIpc) is 3.13. The van der Waals surface area contributed by atoms with Gasteiger partial charge in [-0.05, 0) is 24.3 Å². The van der Waals surface area contributed by atoms with E-state index in [9.17, 15) is 0 Å². The Labute approximate surface area is 154 Å². The lowest BCUT2D eigenvalue weighted by molar-refractivity contribution is 0.954. The topological polar surface area (TPSA) is 54.5 Å². The molecule has 124 valence electrons. The van der Waals surface area contributed by atoms with Gasteiger partial charge in [0.1, 0.15) is 10.7 Å². The maximum Gasteiger partial charge on any atom is 0.159 e. The van der Waals surface area contributed by atoms with Crippen LogP contribution in [0.1, 0.15) is 0 Å². The van der Waals surface area contributed by atoms with Crippen molar-refractivity contribution < 1.29 is 0 Å². The highest BCUT2D eigenvalue weighted by Gasteiger charge is 2.14. The lowest BCUT2D eigenvalue weighted by atomic mass is 10.1. The normalized spacial score (nSPS) is 11.2. The summed E-state index contributed by atoms with van der Waals surface area (Å²) in [5.41, 5.74) is 2.70. The molecule has 3 aromatic carbocycles. The molecule has 0 saturated carbocycles. The van der Waals surface area contributed by atoms with Crippen LogP contribution in [0.4, 0.5) is 0 Å². The standard InChI is InChI=1S/C21H14N4S/c1-2-8-14(9-3-1)26-21-16-11-5-4-10-15(16)19(24-25-21)20-22-17-12-6-7-13-18(17)23-20/h1-13H,(H,22,23). The van der Waals surface area contributed by atoms with Crippen molar-refractivity contribution in [3.8, 4) is 11.5 Å². The number of nitrogens with one attached hydrogen (secondary N) is 1. The van der Waals surface area contributed by atoms with Crippen molar-refractivity contribution in [2.45, 2.75) is 9.92 Å². The number of fused-ring (bicyclic) bond motifs is 2. The van der Waals surface area contributed by atoms with E-state index in [1.165, 1.54) is 0 Å². The first-order chi connectivity index (χ1) is 12.9. The molecule has 0 atom stereocenters. The Morgan fingerprint density at radius 3 is 2.27 bits per heavy atom. The van der Waals surface area contributed by atoms with Crippen molar-refractivity contribution in [1.29, 1.82) is 0 Å². The van der Waals surface area contributed by atoms with Gasteiger partial charge in [-0.1, -0.05) is 66.4 Å². The van der Waals surface area contributed by atoms with E-state index < -0.39 is 0 Å². The van der Waals surface area contributed by atoms with Gasteiger partial charge in [0.15, 0.2) is 5.82 Å². The summed E-state index contributed by atoms with van der Waals surface area (Å²) in [6.45, 7) is 0. The molecule has 0 fully saturated rings. The average molecular weight is 354 g/mol. The molecule has 0 radical (unpaired) electrons. The van der Waals surface area contributed by atoms with Gasteiger partial charge in [0, 0.05) is 15.7 Å². The Balaban J connectivity index is 1.67. The quantitative estimate of drug-likeness (QED) is 0.476. The van der Waals surface area contributed by atoms with Gasteiger partial charge in [-0.15, -0.1) is 10.2 Å². The van der Waals surface area contributed by atoms with E-state index >= 15 is 0 Å². The van der Waals surface area contributed by atoms with Crippen LogP contribution in [0.3, 0.4) is 0 Å². The number of aromatic nitrogens is 4. The molecular weight excluding hydrogens is 340 g/mol. The van der Waals surface area contributed by atoms with Crippen molar-refractivity contribution in [2.24, 2.45) is 0 Å². The van der Waals surface area contributed by atoms with Crippen LogP contribution in [0.15, 0.2) is 88.8 Å². The van der Waals surface area contributed by atoms with Gasteiger partial charge >= 0.3 is 0 Å². The number of imidazole rings is 1. The summed E-state index contributed by atoms with van der Waals surface area (Å²) in [6, 6.07) is 26.4. The van der Waals surface area contributed by atoms with Crippen molar-refractivity contribution in [1.82, 2.24) is 20.2 Å². The highest BCUT2D eigenvalue weighted by Crippen LogP contribution is 2.34. The summed E-state index contributed by atoms with van der Waals surface area (Å²) in [5.74, 6) is 0.742. The fourth-order valence-electron chi connectivity index (χ4n) is 2.99. The van der Waals surface area contributed by atoms with Crippen molar-refractivity contribution >= 4 is 33.6 Å². The van der Waals surface area contributed by atoms with Gasteiger partial charge in [-0.2, -0.15) is 0 Å². The third-order valence-electron chi connectivity index (χ3n) is 4.22. The van der Waals surface area contributed by atoms with Crippen LogP contribution in [0.2, 0.25) is 0 Å². The summed E-state index contributed by atoms with van der Waals surface area (Å²) < 4.78 is 0. The molecule has 0 spiro atoms. The molecule has 0 aliphatic carbocycles. The van der Waals surface area contributed by atoms with Gasteiger partial charge in [-0.25, -0.2) is 4.98 Å². The highest BCUT2D eigenvalue weighted by atomic mass is 32.2. The van der Waals surface area contributed by atoms with Crippen molar-refractivity contribution in [2.75, 3.05) is 0 Å². The first-order valence-electron chi connectivity index (χ1n) is 8.32. The van der Waals surface area contributed by atoms with Crippen LogP contribution < -0.4 is 0 Å². The maximum absolute atomic E-state index is 4.68. The van der Waals surface area contributed by atoms with E-state index in [1.54, 1.807) is 11.8 Å². The zero-order valence-corrected chi connectivity index (χ0v) is 14.6. The smallest absolute Gasteiger partial charge is 0.159 e. The van der Waals surface area contributed by atoms with E-state index in [2.05, 4.69) is 44.4 Å². The summed E-state index contributed by atoms with van der Waals surface area (Å²) in [7, 11) is 0. The summed E-state index contributed by atoms with van der Waals surface area (Å²) >= 11 is 1.62. The lowest BCUT2D eigenvalue weighted by Crippen LogP contribution is -1.94. The maximum atomic E-state index is 4.68. The second-order valence-electron chi connectivity index (χ2n) is 5.92. The van der Waals surface area contributed by atoms with Crippen LogP contribution in [-0.4, -0.2) is 20.2 Å². The molecule has 5 rings (SSSR count). The number of benzene rings is 3. The molecule has 1 N–H and O–H groups in total. The monoisotopic (exact) mass is 354 g/mol. The van der Waals surface area contributed by atoms with Gasteiger partial charge in [0.25, 0.3) is 0 Å². The minimum atomic E-state index is 0.742. The van der Waals surface area contributed by atoms with E-state index in [0.717, 1.165) is 43.2 Å². The zero-order chi connectivity index (χ0) is 17.3. The molecule has 2 aromatic heterocycles. The first kappa shape index (κ1) is 15.1. The molecule has 0 bridgehead atoms. The minimum absolute atomic E-state index is 0.742. The SMILES string of the molecule is c1ccc(Sc2nnc(-c3nc4ccccc4[nH]3)c3ccccc23)cc1. The number of rotatable bonds is 3. The minimum Gasteiger partial charge on any atom is -0.337 e. The third-order valence-corrected chi connectivity index (χ3v) is 5.23. The first-order valence-corrected chi connectivity index (χ1v) is 9.13. The van der Waals surface area contributed by atoms with Crippen LogP contribution in [-0.2, 0) is 0 Å². The number of aromatic amines is 1. The summed E-state index contributed by atoms with van der Waals surface area (Å²) in [6.07, 6.45) is 0. The van der Waals surface area contributed by atoms with E-state index in [-0.39, 0.29) is 0 Å². The van der Waals surface area contributed by atoms with Crippen LogP contribution >= 0.6 is 11.8 Å². The van der Waals surface area contributed by atoms with Crippen LogP contribution in [0.5, 0.6) is 0 Å². The molecule has 0 amide bonds. The fourth-order valence-corrected chi connectivity index (χ4v) is 3.88. The highest BCUT2D eigenvalue weighted by molar-refractivity contribution is 7.99. The van der Waals surface area contributed by atoms with E-state index in [0.29, 0.717) is 0 Å². The van der Waals surface area contributed by atoms with Gasteiger partial charge in [-0.3, -0.25) is 0 Å². The largest absolute Gasteiger partial charge is 0.337 e. The Kier molecular flexibility index (Phi) is 3.65. The van der Waals surface area contributed by atoms with Crippen molar-refractivity contribution in [3.05, 3.63) is 78.9 Å². The summed E-state index contributed by atoms with van der Waals surface area (Å²) in [5, 5.41) is 12.0. The van der Waals surface area contributed by atoms with E-state index in [4.69, 9.17) is 0 Å². The molecule has 0 aliphatic heterocycles. The summed E-state index contributed by atoms with van der Waals surface area (Å²) in [4.78, 5) is 9.18. The van der Waals surface area contributed by atoms with Gasteiger partial charge in [0.05, 0.1) is 11.0 Å². The molecule has 5 heteroatoms. The van der Waals surface area contributed by atoms with Crippen LogP contribution in [0, 0.1) is 0 Å². The Morgan fingerprint density at radius 1 is 0.692 bits per heavy atom. The second kappa shape index (κ2) is 6.28. The fraction of sp³-hybridized carbons (Fsp3) is 0. The molecule has 0 unspecified atom stereocenters. The third kappa shape index (κ3) is 2.62. The van der Waals surface area contributed by atoms with Gasteiger partial charge < -0.3 is 4.98 Å². The molecule has 2 heterocycles. The van der Waals surface area contributed by atoms with Gasteiger partial charge in [0.2, 0.25) is 0 Å². The molecule has 0 saturated heterocycles. The lowest BCUT2D eigenvalue weighted by Gasteiger charge is -2.07. The number of hydrogen-bond acceptors (Lipinski definition) is 4. The number of H-pyrrole nitrogens is 1. The second-order valence-corrected chi connectivity index (χ2v) is 6.98. The number of hydrogen-bond donors (Lipinski definition) is 1.